The predicted molar refractivity (Wildman–Crippen MR) is 85.3 cm³/mol. The SMILES string of the molecule is COc1cc(N)c(Br)cc1C(=O)NN1CCN(C)CC1.O. The van der Waals surface area contributed by atoms with E-state index in [1.54, 1.807) is 12.1 Å². The molecule has 0 radical (unpaired) electrons. The van der Waals surface area contributed by atoms with Gasteiger partial charge < -0.3 is 20.8 Å². The van der Waals surface area contributed by atoms with Crippen molar-refractivity contribution in [2.75, 3.05) is 46.1 Å². The average molecular weight is 361 g/mol. The molecule has 1 fully saturated rings. The zero-order valence-electron chi connectivity index (χ0n) is 12.1. The Morgan fingerprint density at radius 1 is 1.33 bits per heavy atom. The minimum atomic E-state index is -0.188. The highest BCUT2D eigenvalue weighted by molar-refractivity contribution is 9.10. The molecule has 1 aromatic carbocycles. The lowest BCUT2D eigenvalue weighted by Crippen LogP contribution is -2.52. The van der Waals surface area contributed by atoms with Gasteiger partial charge in [-0.15, -0.1) is 0 Å². The number of hydrogen-bond acceptors (Lipinski definition) is 5. The molecule has 118 valence electrons. The molecule has 1 amide bonds. The fourth-order valence-electron chi connectivity index (χ4n) is 2.04. The van der Waals surface area contributed by atoms with E-state index < -0.39 is 0 Å². The Bertz CT molecular complexity index is 504. The molecule has 1 aromatic rings. The second kappa shape index (κ2) is 7.60. The lowest BCUT2D eigenvalue weighted by Gasteiger charge is -2.32. The van der Waals surface area contributed by atoms with E-state index in [0.717, 1.165) is 26.2 Å². The summed E-state index contributed by atoms with van der Waals surface area (Å²) in [7, 11) is 3.59. The fourth-order valence-corrected chi connectivity index (χ4v) is 2.38. The van der Waals surface area contributed by atoms with Crippen molar-refractivity contribution in [3.05, 3.63) is 22.2 Å². The van der Waals surface area contributed by atoms with E-state index >= 15 is 0 Å². The summed E-state index contributed by atoms with van der Waals surface area (Å²) < 4.78 is 5.90. The van der Waals surface area contributed by atoms with Crippen LogP contribution in [-0.4, -0.2) is 61.6 Å². The van der Waals surface area contributed by atoms with Gasteiger partial charge in [0.15, 0.2) is 0 Å². The molecule has 0 unspecified atom stereocenters. The number of likely N-dealkylation sites (N-methyl/N-ethyl adjacent to an activating group) is 1. The second-order valence-corrected chi connectivity index (χ2v) is 5.66. The molecule has 1 saturated heterocycles. The topological polar surface area (TPSA) is 102 Å². The van der Waals surface area contributed by atoms with Gasteiger partial charge in [0.25, 0.3) is 5.91 Å². The zero-order valence-corrected chi connectivity index (χ0v) is 13.7. The molecular weight excluding hydrogens is 340 g/mol. The Hall–Kier alpha value is -1.35. The van der Waals surface area contributed by atoms with Crippen molar-refractivity contribution in [3.8, 4) is 5.75 Å². The van der Waals surface area contributed by atoms with Crippen LogP contribution in [0.3, 0.4) is 0 Å². The number of methoxy groups -OCH3 is 1. The van der Waals surface area contributed by atoms with Gasteiger partial charge in [-0.05, 0) is 29.0 Å². The Labute approximate surface area is 132 Å². The van der Waals surface area contributed by atoms with Crippen LogP contribution in [-0.2, 0) is 0 Å². The summed E-state index contributed by atoms with van der Waals surface area (Å²) in [5, 5.41) is 1.92. The molecule has 0 saturated carbocycles. The predicted octanol–water partition coefficient (Wildman–Crippen LogP) is 0.107. The number of nitrogens with one attached hydrogen (secondary N) is 1. The molecule has 1 heterocycles. The van der Waals surface area contributed by atoms with Crippen LogP contribution >= 0.6 is 15.9 Å². The number of halogens is 1. The normalized spacial score (nSPS) is 16.1. The lowest BCUT2D eigenvalue weighted by atomic mass is 10.1. The van der Waals surface area contributed by atoms with E-state index in [2.05, 4.69) is 33.3 Å². The lowest BCUT2D eigenvalue weighted by molar-refractivity contribution is 0.0660. The summed E-state index contributed by atoms with van der Waals surface area (Å²) in [4.78, 5) is 14.6. The zero-order chi connectivity index (χ0) is 14.7. The van der Waals surface area contributed by atoms with Crippen LogP contribution in [0.2, 0.25) is 0 Å². The van der Waals surface area contributed by atoms with Crippen molar-refractivity contribution in [1.82, 2.24) is 15.3 Å². The van der Waals surface area contributed by atoms with Crippen molar-refractivity contribution in [1.29, 1.82) is 0 Å². The number of amides is 1. The number of carbonyl (C=O) groups is 1. The minimum Gasteiger partial charge on any atom is -0.496 e. The second-order valence-electron chi connectivity index (χ2n) is 4.81. The molecule has 0 spiro atoms. The first-order chi connectivity index (χ1) is 9.51. The highest BCUT2D eigenvalue weighted by atomic mass is 79.9. The van der Waals surface area contributed by atoms with Crippen molar-refractivity contribution < 1.29 is 15.0 Å². The summed E-state index contributed by atoms with van der Waals surface area (Å²) in [6.45, 7) is 3.48. The molecule has 1 aliphatic rings. The van der Waals surface area contributed by atoms with Crippen molar-refractivity contribution in [2.24, 2.45) is 0 Å². The summed E-state index contributed by atoms with van der Waals surface area (Å²) in [6, 6.07) is 3.32. The Kier molecular flexibility index (Phi) is 6.41. The van der Waals surface area contributed by atoms with Gasteiger partial charge in [0.2, 0.25) is 0 Å². The molecule has 1 aliphatic heterocycles. The summed E-state index contributed by atoms with van der Waals surface area (Å²) >= 11 is 3.33. The van der Waals surface area contributed by atoms with Crippen molar-refractivity contribution >= 4 is 27.5 Å². The number of ether oxygens (including phenoxy) is 1. The van der Waals surface area contributed by atoms with Gasteiger partial charge in [0.05, 0.1) is 12.7 Å². The number of piperazine rings is 1. The van der Waals surface area contributed by atoms with Gasteiger partial charge in [0, 0.05) is 42.4 Å². The Morgan fingerprint density at radius 3 is 2.52 bits per heavy atom. The molecule has 21 heavy (non-hydrogen) atoms. The third kappa shape index (κ3) is 4.31. The molecular formula is C13H21BrN4O3. The first-order valence-corrected chi connectivity index (χ1v) is 7.18. The fraction of sp³-hybridized carbons (Fsp3) is 0.462. The van der Waals surface area contributed by atoms with E-state index in [0.29, 0.717) is 21.5 Å². The highest BCUT2D eigenvalue weighted by Gasteiger charge is 2.19. The first kappa shape index (κ1) is 17.7. The van der Waals surface area contributed by atoms with E-state index in [-0.39, 0.29) is 11.4 Å². The maximum Gasteiger partial charge on any atom is 0.269 e. The third-order valence-electron chi connectivity index (χ3n) is 3.33. The van der Waals surface area contributed by atoms with Crippen molar-refractivity contribution in [2.45, 2.75) is 0 Å². The number of nitrogen functional groups attached to an aromatic ring is 1. The Balaban J connectivity index is 0.00000220. The van der Waals surface area contributed by atoms with Gasteiger partial charge in [-0.3, -0.25) is 10.2 Å². The monoisotopic (exact) mass is 360 g/mol. The highest BCUT2D eigenvalue weighted by Crippen LogP contribution is 2.29. The molecule has 2 rings (SSSR count). The van der Waals surface area contributed by atoms with Crippen LogP contribution in [0.4, 0.5) is 5.69 Å². The number of nitrogens with zero attached hydrogens (tertiary/aromatic N) is 2. The summed E-state index contributed by atoms with van der Waals surface area (Å²) in [6.07, 6.45) is 0. The van der Waals surface area contributed by atoms with Crippen molar-refractivity contribution in [3.63, 3.8) is 0 Å². The van der Waals surface area contributed by atoms with Crippen LogP contribution in [0.15, 0.2) is 16.6 Å². The molecule has 0 bridgehead atoms. The Morgan fingerprint density at radius 2 is 1.95 bits per heavy atom. The van der Waals surface area contributed by atoms with Crippen LogP contribution < -0.4 is 15.9 Å². The largest absolute Gasteiger partial charge is 0.496 e. The molecule has 8 heteroatoms. The number of hydrogen-bond donors (Lipinski definition) is 2. The molecule has 0 atom stereocenters. The number of rotatable bonds is 3. The molecule has 7 nitrogen and oxygen atoms in total. The maximum absolute atomic E-state index is 12.3. The van der Waals surface area contributed by atoms with Crippen LogP contribution in [0.25, 0.3) is 0 Å². The maximum atomic E-state index is 12.3. The molecule has 5 N–H and O–H groups in total. The third-order valence-corrected chi connectivity index (χ3v) is 4.01. The number of hydrazine groups is 1. The van der Waals surface area contributed by atoms with Crippen LogP contribution in [0.5, 0.6) is 5.75 Å². The number of anilines is 1. The first-order valence-electron chi connectivity index (χ1n) is 6.38. The van der Waals surface area contributed by atoms with Gasteiger partial charge in [-0.1, -0.05) is 0 Å². The summed E-state index contributed by atoms with van der Waals surface area (Å²) in [5.41, 5.74) is 9.70. The number of nitrogens with two attached hydrogens (primary N) is 1. The van der Waals surface area contributed by atoms with Gasteiger partial charge in [0.1, 0.15) is 5.75 Å². The van der Waals surface area contributed by atoms with E-state index in [1.807, 2.05) is 5.01 Å². The van der Waals surface area contributed by atoms with E-state index in [4.69, 9.17) is 10.5 Å². The van der Waals surface area contributed by atoms with Gasteiger partial charge in [-0.2, -0.15) is 0 Å². The number of carbonyl (C=O) groups excluding carboxylic acids is 1. The standard InChI is InChI=1S/C13H19BrN4O2.H2O/c1-17-3-5-18(6-4-17)16-13(19)9-7-10(14)11(15)8-12(9)20-2;/h7-8H,3-6,15H2,1-2H3,(H,16,19);1H2. The van der Waals surface area contributed by atoms with E-state index in [9.17, 15) is 4.79 Å². The summed E-state index contributed by atoms with van der Waals surface area (Å²) in [5.74, 6) is 0.282. The average Bonchev–Trinajstić information content (AvgIpc) is 2.43. The number of benzene rings is 1. The minimum absolute atomic E-state index is 0. The smallest absolute Gasteiger partial charge is 0.269 e. The van der Waals surface area contributed by atoms with Crippen LogP contribution in [0.1, 0.15) is 10.4 Å². The quantitative estimate of drug-likeness (QED) is 0.744. The molecule has 0 aliphatic carbocycles. The van der Waals surface area contributed by atoms with Gasteiger partial charge in [-0.25, -0.2) is 5.01 Å². The van der Waals surface area contributed by atoms with Gasteiger partial charge >= 0.3 is 0 Å². The molecule has 0 aromatic heterocycles. The van der Waals surface area contributed by atoms with E-state index in [1.165, 1.54) is 7.11 Å². The van der Waals surface area contributed by atoms with Crippen LogP contribution in [0, 0.1) is 0 Å².